The molecule has 5 nitrogen and oxygen atoms in total. The number of ether oxygens (including phenoxy) is 2. The van der Waals surface area contributed by atoms with Gasteiger partial charge < -0.3 is 14.6 Å². The largest absolute Gasteiger partial charge is 0.493 e. The Balaban J connectivity index is 2.03. The molecule has 2 rings (SSSR count). The van der Waals surface area contributed by atoms with Gasteiger partial charge in [0.05, 0.1) is 26.0 Å². The number of hydrogen-bond donors (Lipinski definition) is 1. The van der Waals surface area contributed by atoms with Crippen LogP contribution in [0.25, 0.3) is 0 Å². The summed E-state index contributed by atoms with van der Waals surface area (Å²) >= 11 is 5.96. The molecular weight excluding hydrogens is 330 g/mol. The molecule has 0 amide bonds. The van der Waals surface area contributed by atoms with Crippen molar-refractivity contribution in [2.75, 3.05) is 14.2 Å². The number of aliphatic hydroxyl groups excluding tert-OH is 1. The second-order valence-electron chi connectivity index (χ2n) is 5.39. The number of aromatic nitrogens is 1. The Hall–Kier alpha value is -2.11. The van der Waals surface area contributed by atoms with Crippen LogP contribution < -0.4 is 9.47 Å². The molecule has 0 aliphatic rings. The highest BCUT2D eigenvalue weighted by Gasteiger charge is 2.15. The number of methoxy groups -OCH3 is 2. The molecule has 1 aromatic carbocycles. The molecule has 1 aromatic heterocycles. The maximum Gasteiger partial charge on any atom is 0.163 e. The molecule has 6 heteroatoms. The standard InChI is InChI=1S/C18H20ClNO4/c1-11-4-6-13(20-18(11)19)15(22)8-7-14(21)12-5-9-16(23-2)17(10-12)24-3/h4-6,9-10,15,22H,7-8H2,1-3H3. The first-order valence-electron chi connectivity index (χ1n) is 7.52. The van der Waals surface area contributed by atoms with Gasteiger partial charge in [0.15, 0.2) is 17.3 Å². The Labute approximate surface area is 146 Å². The van der Waals surface area contributed by atoms with Gasteiger partial charge in [0.25, 0.3) is 0 Å². The number of nitrogens with zero attached hydrogens (tertiary/aromatic N) is 1. The minimum absolute atomic E-state index is 0.0896. The van der Waals surface area contributed by atoms with Crippen molar-refractivity contribution in [2.24, 2.45) is 0 Å². The van der Waals surface area contributed by atoms with Crippen LogP contribution in [0.5, 0.6) is 11.5 Å². The summed E-state index contributed by atoms with van der Waals surface area (Å²) in [5.74, 6) is 0.969. The van der Waals surface area contributed by atoms with E-state index in [0.29, 0.717) is 27.9 Å². The lowest BCUT2D eigenvalue weighted by Gasteiger charge is -2.12. The third-order valence-corrected chi connectivity index (χ3v) is 4.13. The van der Waals surface area contributed by atoms with E-state index in [1.807, 2.05) is 6.92 Å². The number of hydrogen-bond acceptors (Lipinski definition) is 5. The smallest absolute Gasteiger partial charge is 0.163 e. The molecule has 1 heterocycles. The normalized spacial score (nSPS) is 11.9. The molecule has 0 radical (unpaired) electrons. The molecule has 0 spiro atoms. The van der Waals surface area contributed by atoms with Crippen LogP contribution in [0.15, 0.2) is 30.3 Å². The summed E-state index contributed by atoms with van der Waals surface area (Å²) in [6.45, 7) is 1.84. The Morgan fingerprint density at radius 3 is 2.54 bits per heavy atom. The summed E-state index contributed by atoms with van der Waals surface area (Å²) in [7, 11) is 3.05. The summed E-state index contributed by atoms with van der Waals surface area (Å²) in [5, 5.41) is 10.6. The van der Waals surface area contributed by atoms with Gasteiger partial charge in [-0.2, -0.15) is 0 Å². The highest BCUT2D eigenvalue weighted by molar-refractivity contribution is 6.30. The van der Waals surface area contributed by atoms with Gasteiger partial charge in [-0.25, -0.2) is 4.98 Å². The van der Waals surface area contributed by atoms with Gasteiger partial charge >= 0.3 is 0 Å². The van der Waals surface area contributed by atoms with Gasteiger partial charge in [0.1, 0.15) is 5.15 Å². The van der Waals surface area contributed by atoms with E-state index in [1.165, 1.54) is 14.2 Å². The third-order valence-electron chi connectivity index (χ3n) is 3.75. The fourth-order valence-electron chi connectivity index (χ4n) is 2.27. The zero-order valence-electron chi connectivity index (χ0n) is 13.9. The van der Waals surface area contributed by atoms with Crippen molar-refractivity contribution in [3.05, 3.63) is 52.3 Å². The van der Waals surface area contributed by atoms with Crippen LogP contribution in [0, 0.1) is 6.92 Å². The molecule has 0 aliphatic carbocycles. The summed E-state index contributed by atoms with van der Waals surface area (Å²) in [4.78, 5) is 16.5. The van der Waals surface area contributed by atoms with Crippen LogP contribution >= 0.6 is 11.6 Å². The van der Waals surface area contributed by atoms with Gasteiger partial charge in [-0.05, 0) is 43.2 Å². The molecule has 0 bridgehead atoms. The maximum atomic E-state index is 12.3. The molecule has 0 fully saturated rings. The van der Waals surface area contributed by atoms with E-state index in [0.717, 1.165) is 5.56 Å². The molecule has 128 valence electrons. The number of ketones is 1. The van der Waals surface area contributed by atoms with Crippen molar-refractivity contribution in [3.8, 4) is 11.5 Å². The van der Waals surface area contributed by atoms with Crippen LogP contribution in [0.2, 0.25) is 5.15 Å². The van der Waals surface area contributed by atoms with Crippen molar-refractivity contribution in [1.29, 1.82) is 0 Å². The maximum absolute atomic E-state index is 12.3. The summed E-state index contributed by atoms with van der Waals surface area (Å²) < 4.78 is 10.3. The molecule has 0 saturated carbocycles. The second-order valence-corrected chi connectivity index (χ2v) is 5.75. The van der Waals surface area contributed by atoms with Crippen molar-refractivity contribution in [1.82, 2.24) is 4.98 Å². The molecule has 2 aromatic rings. The number of pyridine rings is 1. The zero-order chi connectivity index (χ0) is 17.7. The number of halogens is 1. The average Bonchev–Trinajstić information content (AvgIpc) is 2.60. The summed E-state index contributed by atoms with van der Waals surface area (Å²) in [5.41, 5.74) is 1.81. The SMILES string of the molecule is COc1ccc(C(=O)CCC(O)c2ccc(C)c(Cl)n2)cc1OC. The number of aliphatic hydroxyl groups is 1. The summed E-state index contributed by atoms with van der Waals surface area (Å²) in [6.07, 6.45) is -0.393. The highest BCUT2D eigenvalue weighted by Crippen LogP contribution is 2.28. The Kier molecular flexibility index (Phi) is 6.17. The molecular formula is C18H20ClNO4. The lowest BCUT2D eigenvalue weighted by molar-refractivity contribution is 0.0937. The lowest BCUT2D eigenvalue weighted by atomic mass is 10.0. The van der Waals surface area contributed by atoms with Crippen LogP contribution in [0.1, 0.15) is 40.6 Å². The van der Waals surface area contributed by atoms with Gasteiger partial charge in [-0.15, -0.1) is 0 Å². The van der Waals surface area contributed by atoms with Crippen molar-refractivity contribution >= 4 is 17.4 Å². The van der Waals surface area contributed by atoms with Gasteiger partial charge in [-0.3, -0.25) is 4.79 Å². The quantitative estimate of drug-likeness (QED) is 0.609. The number of aryl methyl sites for hydroxylation is 1. The molecule has 0 aliphatic heterocycles. The minimum atomic E-state index is -0.841. The van der Waals surface area contributed by atoms with Gasteiger partial charge in [0.2, 0.25) is 0 Å². The molecule has 1 unspecified atom stereocenters. The van der Waals surface area contributed by atoms with Gasteiger partial charge in [-0.1, -0.05) is 17.7 Å². The number of rotatable bonds is 7. The number of carbonyl (C=O) groups excluding carboxylic acids is 1. The van der Waals surface area contributed by atoms with E-state index in [-0.39, 0.29) is 18.6 Å². The van der Waals surface area contributed by atoms with E-state index < -0.39 is 6.10 Å². The van der Waals surface area contributed by atoms with Crippen molar-refractivity contribution in [2.45, 2.75) is 25.9 Å². The monoisotopic (exact) mass is 349 g/mol. The molecule has 24 heavy (non-hydrogen) atoms. The first-order valence-corrected chi connectivity index (χ1v) is 7.90. The summed E-state index contributed by atoms with van der Waals surface area (Å²) in [6, 6.07) is 8.51. The van der Waals surface area contributed by atoms with E-state index in [1.54, 1.807) is 30.3 Å². The number of benzene rings is 1. The zero-order valence-corrected chi connectivity index (χ0v) is 14.6. The van der Waals surface area contributed by atoms with Crippen molar-refractivity contribution in [3.63, 3.8) is 0 Å². The van der Waals surface area contributed by atoms with Crippen LogP contribution in [0.3, 0.4) is 0 Å². The predicted octanol–water partition coefficient (Wildman–Crippen LogP) is 3.76. The Morgan fingerprint density at radius 2 is 1.92 bits per heavy atom. The highest BCUT2D eigenvalue weighted by atomic mass is 35.5. The van der Waals surface area contributed by atoms with Crippen molar-refractivity contribution < 1.29 is 19.4 Å². The van der Waals surface area contributed by atoms with E-state index in [9.17, 15) is 9.90 Å². The van der Waals surface area contributed by atoms with Gasteiger partial charge in [0, 0.05) is 12.0 Å². The first-order chi connectivity index (χ1) is 11.5. The first kappa shape index (κ1) is 18.2. The van der Waals surface area contributed by atoms with Crippen LogP contribution in [0.4, 0.5) is 0 Å². The number of Topliss-reactive ketones (excluding diaryl/α,β-unsaturated/α-hetero) is 1. The molecule has 1 atom stereocenters. The Morgan fingerprint density at radius 1 is 1.21 bits per heavy atom. The number of carbonyl (C=O) groups is 1. The molecule has 0 saturated heterocycles. The predicted molar refractivity (Wildman–Crippen MR) is 92.1 cm³/mol. The molecule has 1 N–H and O–H groups in total. The second kappa shape index (κ2) is 8.13. The van der Waals surface area contributed by atoms with E-state index in [4.69, 9.17) is 21.1 Å². The van der Waals surface area contributed by atoms with E-state index in [2.05, 4.69) is 4.98 Å². The van der Waals surface area contributed by atoms with Crippen LogP contribution in [-0.2, 0) is 0 Å². The fourth-order valence-corrected chi connectivity index (χ4v) is 2.43. The fraction of sp³-hybridized carbons (Fsp3) is 0.333. The van der Waals surface area contributed by atoms with E-state index >= 15 is 0 Å². The third kappa shape index (κ3) is 4.24. The minimum Gasteiger partial charge on any atom is -0.493 e. The Bertz CT molecular complexity index is 733. The van der Waals surface area contributed by atoms with Crippen LogP contribution in [-0.4, -0.2) is 30.1 Å². The lowest BCUT2D eigenvalue weighted by Crippen LogP contribution is -2.06. The topological polar surface area (TPSA) is 68.7 Å². The average molecular weight is 350 g/mol.